The predicted molar refractivity (Wildman–Crippen MR) is 145 cm³/mol. The molecule has 0 atom stereocenters. The van der Waals surface area contributed by atoms with Crippen LogP contribution < -0.4 is 10.1 Å². The Kier molecular flexibility index (Phi) is 7.67. The third-order valence-electron chi connectivity index (χ3n) is 5.93. The highest BCUT2D eigenvalue weighted by Gasteiger charge is 2.16. The van der Waals surface area contributed by atoms with E-state index in [0.29, 0.717) is 18.7 Å². The number of rotatable bonds is 8. The van der Waals surface area contributed by atoms with Crippen molar-refractivity contribution in [3.63, 3.8) is 0 Å². The first-order valence-electron chi connectivity index (χ1n) is 12.5. The van der Waals surface area contributed by atoms with Gasteiger partial charge >= 0.3 is 6.09 Å². The van der Waals surface area contributed by atoms with Crippen LogP contribution in [-0.4, -0.2) is 17.5 Å². The SMILES string of the molecule is CCc1ccc(C(C)=O)cc1OCc1cc(-c2cccc(CNC(=O)OC(C)(C)C)c2)c2occc2c1. The van der Waals surface area contributed by atoms with Gasteiger partial charge in [0.25, 0.3) is 0 Å². The van der Waals surface area contributed by atoms with E-state index in [1.807, 2.05) is 69.3 Å². The zero-order chi connectivity index (χ0) is 26.6. The number of amides is 1. The first-order valence-corrected chi connectivity index (χ1v) is 12.5. The normalized spacial score (nSPS) is 11.4. The number of alkyl carbamates (subject to hydrolysis) is 1. The molecule has 4 aromatic rings. The molecule has 0 bridgehead atoms. The number of nitrogens with one attached hydrogen (secondary N) is 1. The van der Waals surface area contributed by atoms with Gasteiger partial charge in [-0.1, -0.05) is 37.3 Å². The first-order chi connectivity index (χ1) is 17.6. The Labute approximate surface area is 217 Å². The fourth-order valence-corrected chi connectivity index (χ4v) is 4.14. The third kappa shape index (κ3) is 6.58. The average Bonchev–Trinajstić information content (AvgIpc) is 3.33. The van der Waals surface area contributed by atoms with Gasteiger partial charge < -0.3 is 19.2 Å². The van der Waals surface area contributed by atoms with Gasteiger partial charge in [-0.2, -0.15) is 0 Å². The molecule has 0 fully saturated rings. The fourth-order valence-electron chi connectivity index (χ4n) is 4.14. The minimum absolute atomic E-state index is 0.00986. The van der Waals surface area contributed by atoms with Crippen molar-refractivity contribution in [1.82, 2.24) is 5.32 Å². The van der Waals surface area contributed by atoms with Crippen molar-refractivity contribution in [3.8, 4) is 16.9 Å². The summed E-state index contributed by atoms with van der Waals surface area (Å²) in [4.78, 5) is 23.9. The number of hydrogen-bond donors (Lipinski definition) is 1. The van der Waals surface area contributed by atoms with Crippen molar-refractivity contribution in [1.29, 1.82) is 0 Å². The lowest BCUT2D eigenvalue weighted by Gasteiger charge is -2.19. The van der Waals surface area contributed by atoms with E-state index in [2.05, 4.69) is 24.4 Å². The van der Waals surface area contributed by atoms with Crippen LogP contribution in [0, 0.1) is 0 Å². The van der Waals surface area contributed by atoms with Crippen LogP contribution in [0.1, 0.15) is 61.7 Å². The van der Waals surface area contributed by atoms with E-state index in [-0.39, 0.29) is 5.78 Å². The maximum atomic E-state index is 12.1. The molecular weight excluding hydrogens is 466 g/mol. The van der Waals surface area contributed by atoms with Crippen molar-refractivity contribution in [3.05, 3.63) is 89.2 Å². The van der Waals surface area contributed by atoms with Crippen molar-refractivity contribution in [2.24, 2.45) is 0 Å². The number of ketones is 1. The first kappa shape index (κ1) is 26.0. The Bertz CT molecular complexity index is 1430. The molecule has 1 N–H and O–H groups in total. The lowest BCUT2D eigenvalue weighted by atomic mass is 9.99. The van der Waals surface area contributed by atoms with Crippen LogP contribution in [0.3, 0.4) is 0 Å². The largest absolute Gasteiger partial charge is 0.489 e. The number of Topliss-reactive ketones (excluding diaryl/α,β-unsaturated/α-hetero) is 1. The van der Waals surface area contributed by atoms with Gasteiger partial charge in [0.1, 0.15) is 23.5 Å². The van der Waals surface area contributed by atoms with Gasteiger partial charge in [-0.15, -0.1) is 0 Å². The summed E-state index contributed by atoms with van der Waals surface area (Å²) >= 11 is 0. The minimum Gasteiger partial charge on any atom is -0.489 e. The molecule has 0 unspecified atom stereocenters. The van der Waals surface area contributed by atoms with Gasteiger partial charge in [0.05, 0.1) is 6.26 Å². The zero-order valence-electron chi connectivity index (χ0n) is 22.0. The van der Waals surface area contributed by atoms with Gasteiger partial charge in [-0.05, 0) is 86.7 Å². The Morgan fingerprint density at radius 1 is 0.973 bits per heavy atom. The van der Waals surface area contributed by atoms with Crippen LogP contribution in [0.2, 0.25) is 0 Å². The van der Waals surface area contributed by atoms with E-state index < -0.39 is 11.7 Å². The molecule has 0 aliphatic heterocycles. The quantitative estimate of drug-likeness (QED) is 0.254. The molecule has 0 saturated heterocycles. The van der Waals surface area contributed by atoms with Crippen LogP contribution in [0.5, 0.6) is 5.75 Å². The van der Waals surface area contributed by atoms with Gasteiger partial charge in [0.2, 0.25) is 0 Å². The second-order valence-corrected chi connectivity index (χ2v) is 10.1. The van der Waals surface area contributed by atoms with Crippen LogP contribution in [0.4, 0.5) is 4.79 Å². The number of furan rings is 1. The number of ether oxygens (including phenoxy) is 2. The summed E-state index contributed by atoms with van der Waals surface area (Å²) in [7, 11) is 0. The molecule has 0 spiro atoms. The standard InChI is InChI=1S/C31H33NO5/c1-6-23-10-11-24(20(2)33)17-28(23)36-19-22-15-26-12-13-35-29(26)27(16-22)25-9-7-8-21(14-25)18-32-30(34)37-31(3,4)5/h7-17H,6,18-19H2,1-5H3,(H,32,34). The fraction of sp³-hybridized carbons (Fsp3) is 0.290. The summed E-state index contributed by atoms with van der Waals surface area (Å²) in [6.45, 7) is 9.82. The topological polar surface area (TPSA) is 77.8 Å². The summed E-state index contributed by atoms with van der Waals surface area (Å²) in [5, 5.41) is 3.78. The summed E-state index contributed by atoms with van der Waals surface area (Å²) in [5.41, 5.74) is 5.76. The van der Waals surface area contributed by atoms with E-state index in [1.165, 1.54) is 0 Å². The van der Waals surface area contributed by atoms with Crippen LogP contribution >= 0.6 is 0 Å². The molecule has 1 aromatic heterocycles. The highest BCUT2D eigenvalue weighted by Crippen LogP contribution is 2.32. The van der Waals surface area contributed by atoms with E-state index in [4.69, 9.17) is 13.9 Å². The smallest absolute Gasteiger partial charge is 0.407 e. The molecule has 6 nitrogen and oxygen atoms in total. The number of benzene rings is 3. The Morgan fingerprint density at radius 3 is 2.51 bits per heavy atom. The van der Waals surface area contributed by atoms with E-state index in [1.54, 1.807) is 13.2 Å². The van der Waals surface area contributed by atoms with E-state index in [9.17, 15) is 9.59 Å². The lowest BCUT2D eigenvalue weighted by molar-refractivity contribution is 0.0523. The molecule has 192 valence electrons. The minimum atomic E-state index is -0.551. The number of carbonyl (C=O) groups is 2. The lowest BCUT2D eigenvalue weighted by Crippen LogP contribution is -2.32. The van der Waals surface area contributed by atoms with Crippen molar-refractivity contribution < 1.29 is 23.5 Å². The van der Waals surface area contributed by atoms with Gasteiger partial charge in [-0.25, -0.2) is 4.79 Å². The molecule has 4 rings (SSSR count). The molecule has 6 heteroatoms. The highest BCUT2D eigenvalue weighted by molar-refractivity contribution is 5.95. The summed E-state index contributed by atoms with van der Waals surface area (Å²) < 4.78 is 17.4. The molecular formula is C31H33NO5. The zero-order valence-corrected chi connectivity index (χ0v) is 22.0. The molecule has 0 radical (unpaired) electrons. The molecule has 1 amide bonds. The third-order valence-corrected chi connectivity index (χ3v) is 5.93. The number of carbonyl (C=O) groups excluding carboxylic acids is 2. The average molecular weight is 500 g/mol. The summed E-state index contributed by atoms with van der Waals surface area (Å²) in [6.07, 6.45) is 2.03. The highest BCUT2D eigenvalue weighted by atomic mass is 16.6. The Morgan fingerprint density at radius 2 is 1.78 bits per heavy atom. The predicted octanol–water partition coefficient (Wildman–Crippen LogP) is 7.47. The molecule has 0 saturated carbocycles. The van der Waals surface area contributed by atoms with E-state index >= 15 is 0 Å². The number of fused-ring (bicyclic) bond motifs is 1. The van der Waals surface area contributed by atoms with Gasteiger partial charge in [-0.3, -0.25) is 4.79 Å². The molecule has 1 heterocycles. The number of hydrogen-bond acceptors (Lipinski definition) is 5. The number of aryl methyl sites for hydroxylation is 1. The second kappa shape index (κ2) is 10.9. The van der Waals surface area contributed by atoms with Crippen LogP contribution in [0.15, 0.2) is 71.3 Å². The second-order valence-electron chi connectivity index (χ2n) is 10.1. The molecule has 0 aliphatic carbocycles. The van der Waals surface area contributed by atoms with E-state index in [0.717, 1.165) is 51.0 Å². The van der Waals surface area contributed by atoms with Gasteiger partial charge in [0, 0.05) is 23.1 Å². The van der Waals surface area contributed by atoms with Crippen molar-refractivity contribution in [2.75, 3.05) is 0 Å². The Hall–Kier alpha value is -4.06. The van der Waals surface area contributed by atoms with Crippen LogP contribution in [0.25, 0.3) is 22.1 Å². The molecule has 0 aliphatic rings. The molecule has 37 heavy (non-hydrogen) atoms. The maximum Gasteiger partial charge on any atom is 0.407 e. The van der Waals surface area contributed by atoms with Crippen molar-refractivity contribution in [2.45, 2.75) is 59.8 Å². The maximum absolute atomic E-state index is 12.1. The van der Waals surface area contributed by atoms with Gasteiger partial charge in [0.15, 0.2) is 5.78 Å². The monoisotopic (exact) mass is 499 g/mol. The Balaban J connectivity index is 1.58. The molecule has 3 aromatic carbocycles. The summed E-state index contributed by atoms with van der Waals surface area (Å²) in [5.74, 6) is 0.731. The van der Waals surface area contributed by atoms with Crippen molar-refractivity contribution >= 4 is 22.8 Å². The van der Waals surface area contributed by atoms with Crippen LogP contribution in [-0.2, 0) is 24.3 Å². The summed E-state index contributed by atoms with van der Waals surface area (Å²) in [6, 6.07) is 19.6.